The summed E-state index contributed by atoms with van der Waals surface area (Å²) >= 11 is 7.63. The van der Waals surface area contributed by atoms with Gasteiger partial charge in [0, 0.05) is 15.7 Å². The van der Waals surface area contributed by atoms with Crippen molar-refractivity contribution < 1.29 is 0 Å². The third-order valence-corrected chi connectivity index (χ3v) is 4.00. The summed E-state index contributed by atoms with van der Waals surface area (Å²) in [5.41, 5.74) is 18.1. The highest BCUT2D eigenvalue weighted by Gasteiger charge is 2.03. The van der Waals surface area contributed by atoms with Crippen molar-refractivity contribution in [3.05, 3.63) is 59.1 Å². The van der Waals surface area contributed by atoms with Crippen molar-refractivity contribution in [2.24, 2.45) is 27.2 Å². The Bertz CT molecular complexity index is 711. The van der Waals surface area contributed by atoms with Crippen molar-refractivity contribution >= 4 is 41.0 Å². The quantitative estimate of drug-likeness (QED) is 0.454. The van der Waals surface area contributed by atoms with Crippen molar-refractivity contribution in [1.29, 1.82) is 0 Å². The average molecular weight is 334 g/mol. The molecular formula is C15H16ClN5S. The molecule has 0 saturated heterocycles. The van der Waals surface area contributed by atoms with Gasteiger partial charge in [-0.1, -0.05) is 35.9 Å². The van der Waals surface area contributed by atoms with Crippen molar-refractivity contribution in [1.82, 2.24) is 0 Å². The van der Waals surface area contributed by atoms with Crippen LogP contribution in [-0.4, -0.2) is 11.9 Å². The maximum absolute atomic E-state index is 5.99. The first-order chi connectivity index (χ1) is 10.5. The Hall–Kier alpha value is -2.18. The molecule has 0 unspecified atom stereocenters. The Morgan fingerprint density at radius 1 is 1.05 bits per heavy atom. The standard InChI is InChI=1S/C15H16ClN5S/c16-11-5-3-4-10(8-11)9-22-13-7-2-1-6-12(13)20-15(19)21-14(17)18/h1-8H,9H2,(H6,17,18,19,20,21). The van der Waals surface area contributed by atoms with Gasteiger partial charge in [-0.3, -0.25) is 0 Å². The molecule has 0 aliphatic heterocycles. The molecule has 0 aliphatic carbocycles. The molecule has 0 saturated carbocycles. The second kappa shape index (κ2) is 7.72. The van der Waals surface area contributed by atoms with E-state index in [9.17, 15) is 0 Å². The van der Waals surface area contributed by atoms with Crippen molar-refractivity contribution in [2.75, 3.05) is 0 Å². The zero-order chi connectivity index (χ0) is 15.9. The van der Waals surface area contributed by atoms with Crippen LogP contribution in [0.25, 0.3) is 0 Å². The van der Waals surface area contributed by atoms with Crippen molar-refractivity contribution in [3.8, 4) is 0 Å². The third-order valence-electron chi connectivity index (χ3n) is 2.63. The van der Waals surface area contributed by atoms with E-state index in [0.29, 0.717) is 0 Å². The van der Waals surface area contributed by atoms with E-state index in [4.69, 9.17) is 28.8 Å². The number of para-hydroxylation sites is 1. The monoisotopic (exact) mass is 333 g/mol. The molecule has 0 atom stereocenters. The number of hydrogen-bond acceptors (Lipinski definition) is 2. The Labute approximate surface area is 138 Å². The fourth-order valence-corrected chi connectivity index (χ4v) is 2.89. The highest BCUT2D eigenvalue weighted by molar-refractivity contribution is 7.98. The van der Waals surface area contributed by atoms with Gasteiger partial charge in [0.05, 0.1) is 5.69 Å². The smallest absolute Gasteiger partial charge is 0.223 e. The minimum atomic E-state index is -0.120. The normalized spacial score (nSPS) is 11.2. The zero-order valence-electron chi connectivity index (χ0n) is 11.7. The summed E-state index contributed by atoms with van der Waals surface area (Å²) in [6.45, 7) is 0. The number of nitrogens with zero attached hydrogens (tertiary/aromatic N) is 2. The van der Waals surface area contributed by atoms with E-state index in [1.807, 2.05) is 48.5 Å². The molecule has 114 valence electrons. The molecule has 0 aromatic heterocycles. The third kappa shape index (κ3) is 4.98. The Morgan fingerprint density at radius 3 is 2.55 bits per heavy atom. The first-order valence-electron chi connectivity index (χ1n) is 6.44. The molecule has 0 aliphatic rings. The topological polar surface area (TPSA) is 103 Å². The number of thioether (sulfide) groups is 1. The molecule has 0 heterocycles. The van der Waals surface area contributed by atoms with Gasteiger partial charge >= 0.3 is 0 Å². The fraction of sp³-hybridized carbons (Fsp3) is 0.0667. The van der Waals surface area contributed by atoms with Crippen molar-refractivity contribution in [3.63, 3.8) is 0 Å². The summed E-state index contributed by atoms with van der Waals surface area (Å²) < 4.78 is 0. The second-order valence-corrected chi connectivity index (χ2v) is 5.85. The Morgan fingerprint density at radius 2 is 1.82 bits per heavy atom. The van der Waals surface area contributed by atoms with Gasteiger partial charge in [0.2, 0.25) is 5.96 Å². The maximum atomic E-state index is 5.99. The summed E-state index contributed by atoms with van der Waals surface area (Å²) in [7, 11) is 0. The van der Waals surface area contributed by atoms with Gasteiger partial charge in [0.1, 0.15) is 0 Å². The lowest BCUT2D eigenvalue weighted by atomic mass is 10.2. The van der Waals surface area contributed by atoms with E-state index in [1.54, 1.807) is 11.8 Å². The van der Waals surface area contributed by atoms with Gasteiger partial charge in [0.15, 0.2) is 5.96 Å². The number of hydrogen-bond donors (Lipinski definition) is 3. The molecule has 0 amide bonds. The minimum absolute atomic E-state index is 0.0239. The number of halogens is 1. The molecule has 22 heavy (non-hydrogen) atoms. The number of benzene rings is 2. The fourth-order valence-electron chi connectivity index (χ4n) is 1.74. The van der Waals surface area contributed by atoms with Crippen LogP contribution < -0.4 is 17.2 Å². The molecule has 5 nitrogen and oxygen atoms in total. The summed E-state index contributed by atoms with van der Waals surface area (Å²) in [6.07, 6.45) is 0. The van der Waals surface area contributed by atoms with Crippen LogP contribution in [0.3, 0.4) is 0 Å². The van der Waals surface area contributed by atoms with Crippen molar-refractivity contribution in [2.45, 2.75) is 10.6 Å². The van der Waals surface area contributed by atoms with Crippen LogP contribution in [0.2, 0.25) is 5.02 Å². The number of nitrogens with two attached hydrogens (primary N) is 3. The van der Waals surface area contributed by atoms with Crippen LogP contribution in [0, 0.1) is 0 Å². The molecule has 2 aromatic carbocycles. The minimum Gasteiger partial charge on any atom is -0.370 e. The first-order valence-corrected chi connectivity index (χ1v) is 7.81. The summed E-state index contributed by atoms with van der Waals surface area (Å²) in [6, 6.07) is 15.4. The lowest BCUT2D eigenvalue weighted by Gasteiger charge is -2.06. The van der Waals surface area contributed by atoms with Gasteiger partial charge in [0.25, 0.3) is 0 Å². The van der Waals surface area contributed by atoms with Gasteiger partial charge in [-0.15, -0.1) is 11.8 Å². The maximum Gasteiger partial charge on any atom is 0.223 e. The molecule has 0 fully saturated rings. The largest absolute Gasteiger partial charge is 0.370 e. The second-order valence-electron chi connectivity index (χ2n) is 4.39. The van der Waals surface area contributed by atoms with Gasteiger partial charge < -0.3 is 17.2 Å². The van der Waals surface area contributed by atoms with E-state index in [0.717, 1.165) is 26.9 Å². The van der Waals surface area contributed by atoms with Crippen LogP contribution in [0.5, 0.6) is 0 Å². The summed E-state index contributed by atoms with van der Waals surface area (Å²) in [5.74, 6) is 0.677. The molecule has 0 radical (unpaired) electrons. The Balaban J connectivity index is 2.16. The van der Waals surface area contributed by atoms with Crippen LogP contribution in [0.4, 0.5) is 5.69 Å². The molecule has 7 heteroatoms. The molecule has 2 aromatic rings. The van der Waals surface area contributed by atoms with E-state index in [2.05, 4.69) is 9.98 Å². The average Bonchev–Trinajstić information content (AvgIpc) is 2.45. The summed E-state index contributed by atoms with van der Waals surface area (Å²) in [4.78, 5) is 8.93. The number of rotatable bonds is 4. The Kier molecular flexibility index (Phi) is 5.68. The molecule has 6 N–H and O–H groups in total. The first kappa shape index (κ1) is 16.2. The predicted molar refractivity (Wildman–Crippen MR) is 94.5 cm³/mol. The lowest BCUT2D eigenvalue weighted by molar-refractivity contribution is 1.31. The van der Waals surface area contributed by atoms with Crippen LogP contribution in [-0.2, 0) is 5.75 Å². The highest BCUT2D eigenvalue weighted by atomic mass is 35.5. The number of aliphatic imine (C=N–C) groups is 2. The van der Waals surface area contributed by atoms with E-state index in [-0.39, 0.29) is 11.9 Å². The van der Waals surface area contributed by atoms with Crippen LogP contribution >= 0.6 is 23.4 Å². The lowest BCUT2D eigenvalue weighted by Crippen LogP contribution is -2.26. The van der Waals surface area contributed by atoms with Gasteiger partial charge in [-0.05, 0) is 29.8 Å². The molecule has 0 bridgehead atoms. The van der Waals surface area contributed by atoms with E-state index < -0.39 is 0 Å². The molecule has 2 rings (SSSR count). The van der Waals surface area contributed by atoms with Crippen LogP contribution in [0.1, 0.15) is 5.56 Å². The summed E-state index contributed by atoms with van der Waals surface area (Å²) in [5, 5.41) is 0.724. The SMILES string of the molecule is NC(N)=NC(N)=Nc1ccccc1SCc1cccc(Cl)c1. The zero-order valence-corrected chi connectivity index (χ0v) is 13.3. The number of guanidine groups is 2. The van der Waals surface area contributed by atoms with E-state index in [1.165, 1.54) is 0 Å². The van der Waals surface area contributed by atoms with E-state index >= 15 is 0 Å². The molecule has 0 spiro atoms. The van der Waals surface area contributed by atoms with Crippen LogP contribution in [0.15, 0.2) is 63.4 Å². The van der Waals surface area contributed by atoms with Gasteiger partial charge in [-0.2, -0.15) is 4.99 Å². The predicted octanol–water partition coefficient (Wildman–Crippen LogP) is 2.85. The molecular weight excluding hydrogens is 318 g/mol. The van der Waals surface area contributed by atoms with Gasteiger partial charge in [-0.25, -0.2) is 4.99 Å². The highest BCUT2D eigenvalue weighted by Crippen LogP contribution is 2.32.